The van der Waals surface area contributed by atoms with Crippen molar-refractivity contribution in [2.24, 2.45) is 11.8 Å². The van der Waals surface area contributed by atoms with Gasteiger partial charge in [-0.25, -0.2) is 5.84 Å². The minimum atomic E-state index is -4.34. The number of nitrogens with one attached hydrogen (secondary N) is 1. The molecule has 21 heavy (non-hydrogen) atoms. The Balaban J connectivity index is 1.88. The van der Waals surface area contributed by atoms with Crippen LogP contribution in [0.1, 0.15) is 31.2 Å². The summed E-state index contributed by atoms with van der Waals surface area (Å²) in [5.41, 5.74) is 1.44. The molecule has 1 aliphatic rings. The van der Waals surface area contributed by atoms with Gasteiger partial charge in [0.15, 0.2) is 0 Å². The summed E-state index contributed by atoms with van der Waals surface area (Å²) in [6, 6.07) is 4.65. The number of carbonyl (C=O) groups excluding carboxylic acids is 1. The van der Waals surface area contributed by atoms with Gasteiger partial charge >= 0.3 is 6.18 Å². The summed E-state index contributed by atoms with van der Waals surface area (Å²) in [4.78, 5) is 11.4. The summed E-state index contributed by atoms with van der Waals surface area (Å²) in [7, 11) is 0. The summed E-state index contributed by atoms with van der Waals surface area (Å²) < 4.78 is 43.0. The van der Waals surface area contributed by atoms with Crippen LogP contribution in [-0.2, 0) is 11.0 Å². The molecule has 7 heteroatoms. The van der Waals surface area contributed by atoms with Gasteiger partial charge in [0.2, 0.25) is 5.91 Å². The number of ether oxygens (including phenoxy) is 1. The third kappa shape index (κ3) is 4.10. The summed E-state index contributed by atoms with van der Waals surface area (Å²) in [6.07, 6.45) is -1.74. The molecule has 1 amide bonds. The fourth-order valence-electron chi connectivity index (χ4n) is 2.48. The smallest absolute Gasteiger partial charge is 0.416 e. The van der Waals surface area contributed by atoms with Gasteiger partial charge < -0.3 is 4.74 Å². The molecule has 0 aromatic heterocycles. The molecule has 0 unspecified atom stereocenters. The number of amides is 1. The molecule has 1 fully saturated rings. The predicted molar refractivity (Wildman–Crippen MR) is 70.1 cm³/mol. The van der Waals surface area contributed by atoms with Crippen LogP contribution in [0.25, 0.3) is 0 Å². The fourth-order valence-corrected chi connectivity index (χ4v) is 2.48. The fraction of sp³-hybridized carbons (Fsp3) is 0.500. The van der Waals surface area contributed by atoms with Crippen molar-refractivity contribution in [3.63, 3.8) is 0 Å². The molecule has 0 spiro atoms. The topological polar surface area (TPSA) is 64.3 Å². The predicted octanol–water partition coefficient (Wildman–Crippen LogP) is 2.63. The van der Waals surface area contributed by atoms with Crippen molar-refractivity contribution in [3.8, 4) is 5.75 Å². The van der Waals surface area contributed by atoms with Gasteiger partial charge in [-0.15, -0.1) is 0 Å². The number of carbonyl (C=O) groups is 1. The van der Waals surface area contributed by atoms with E-state index in [0.717, 1.165) is 12.1 Å². The first kappa shape index (κ1) is 15.6. The quantitative estimate of drug-likeness (QED) is 0.512. The molecule has 0 bridgehead atoms. The average molecular weight is 302 g/mol. The van der Waals surface area contributed by atoms with Crippen LogP contribution in [0, 0.1) is 5.92 Å². The molecule has 1 aromatic rings. The largest absolute Gasteiger partial charge is 0.490 e. The van der Waals surface area contributed by atoms with Crippen molar-refractivity contribution in [1.29, 1.82) is 0 Å². The Morgan fingerprint density at radius 1 is 1.14 bits per heavy atom. The van der Waals surface area contributed by atoms with E-state index in [9.17, 15) is 18.0 Å². The van der Waals surface area contributed by atoms with Crippen LogP contribution in [0.5, 0.6) is 5.75 Å². The minimum Gasteiger partial charge on any atom is -0.490 e. The molecular formula is C14H17F3N2O2. The first-order valence-corrected chi connectivity index (χ1v) is 6.74. The zero-order chi connectivity index (χ0) is 15.5. The SMILES string of the molecule is NNC(=O)C1CCC(Oc2ccc(C(F)(F)F)cc2)CC1. The third-order valence-electron chi connectivity index (χ3n) is 3.67. The molecule has 0 saturated heterocycles. The summed E-state index contributed by atoms with van der Waals surface area (Å²) in [6.45, 7) is 0. The van der Waals surface area contributed by atoms with Crippen molar-refractivity contribution < 1.29 is 22.7 Å². The molecule has 1 aliphatic carbocycles. The first-order chi connectivity index (χ1) is 9.90. The Morgan fingerprint density at radius 2 is 1.71 bits per heavy atom. The maximum Gasteiger partial charge on any atom is 0.416 e. The lowest BCUT2D eigenvalue weighted by Gasteiger charge is -2.27. The molecule has 1 saturated carbocycles. The van der Waals surface area contributed by atoms with Crippen LogP contribution in [-0.4, -0.2) is 12.0 Å². The van der Waals surface area contributed by atoms with E-state index >= 15 is 0 Å². The van der Waals surface area contributed by atoms with Gasteiger partial charge in [0.25, 0.3) is 0 Å². The van der Waals surface area contributed by atoms with Crippen LogP contribution in [0.15, 0.2) is 24.3 Å². The molecular weight excluding hydrogens is 285 g/mol. The second kappa shape index (κ2) is 6.34. The van der Waals surface area contributed by atoms with Crippen LogP contribution < -0.4 is 16.0 Å². The van der Waals surface area contributed by atoms with E-state index in [4.69, 9.17) is 10.6 Å². The second-order valence-corrected chi connectivity index (χ2v) is 5.12. The van der Waals surface area contributed by atoms with E-state index in [-0.39, 0.29) is 17.9 Å². The third-order valence-corrected chi connectivity index (χ3v) is 3.67. The zero-order valence-electron chi connectivity index (χ0n) is 11.3. The number of rotatable bonds is 3. The highest BCUT2D eigenvalue weighted by Gasteiger charge is 2.30. The van der Waals surface area contributed by atoms with Gasteiger partial charge in [0.1, 0.15) is 5.75 Å². The number of nitrogens with two attached hydrogens (primary N) is 1. The van der Waals surface area contributed by atoms with Crippen LogP contribution in [0.2, 0.25) is 0 Å². The van der Waals surface area contributed by atoms with Gasteiger partial charge in [-0.1, -0.05) is 0 Å². The van der Waals surface area contributed by atoms with E-state index < -0.39 is 11.7 Å². The van der Waals surface area contributed by atoms with E-state index in [0.29, 0.717) is 31.4 Å². The highest BCUT2D eigenvalue weighted by atomic mass is 19.4. The lowest BCUT2D eigenvalue weighted by atomic mass is 9.87. The maximum absolute atomic E-state index is 12.4. The molecule has 4 nitrogen and oxygen atoms in total. The maximum atomic E-state index is 12.4. The number of hydrazine groups is 1. The van der Waals surface area contributed by atoms with Crippen LogP contribution in [0.3, 0.4) is 0 Å². The Labute approximate surface area is 120 Å². The van der Waals surface area contributed by atoms with E-state index in [1.807, 2.05) is 0 Å². The molecule has 1 aromatic carbocycles. The van der Waals surface area contributed by atoms with Crippen molar-refractivity contribution in [2.45, 2.75) is 38.0 Å². The van der Waals surface area contributed by atoms with E-state index in [2.05, 4.69) is 5.43 Å². The summed E-state index contributed by atoms with van der Waals surface area (Å²) >= 11 is 0. The highest BCUT2D eigenvalue weighted by Crippen LogP contribution is 2.32. The van der Waals surface area contributed by atoms with Gasteiger partial charge in [-0.05, 0) is 49.9 Å². The number of halogens is 3. The molecule has 0 heterocycles. The van der Waals surface area contributed by atoms with Crippen molar-refractivity contribution >= 4 is 5.91 Å². The number of alkyl halides is 3. The second-order valence-electron chi connectivity index (χ2n) is 5.12. The number of hydrogen-bond donors (Lipinski definition) is 2. The number of benzene rings is 1. The van der Waals surface area contributed by atoms with Gasteiger partial charge in [-0.2, -0.15) is 13.2 Å². The Hall–Kier alpha value is -1.76. The highest BCUT2D eigenvalue weighted by molar-refractivity contribution is 5.78. The monoisotopic (exact) mass is 302 g/mol. The van der Waals surface area contributed by atoms with Crippen LogP contribution >= 0.6 is 0 Å². The van der Waals surface area contributed by atoms with Crippen molar-refractivity contribution in [1.82, 2.24) is 5.43 Å². The molecule has 0 atom stereocenters. The van der Waals surface area contributed by atoms with Gasteiger partial charge in [0, 0.05) is 5.92 Å². The molecule has 2 rings (SSSR count). The molecule has 0 radical (unpaired) electrons. The van der Waals surface area contributed by atoms with E-state index in [1.54, 1.807) is 0 Å². The summed E-state index contributed by atoms with van der Waals surface area (Å²) in [5, 5.41) is 0. The van der Waals surface area contributed by atoms with Crippen molar-refractivity contribution in [2.75, 3.05) is 0 Å². The minimum absolute atomic E-state index is 0.0800. The lowest BCUT2D eigenvalue weighted by molar-refractivity contribution is -0.137. The van der Waals surface area contributed by atoms with E-state index in [1.165, 1.54) is 12.1 Å². The van der Waals surface area contributed by atoms with Crippen LogP contribution in [0.4, 0.5) is 13.2 Å². The normalized spacial score (nSPS) is 22.7. The Morgan fingerprint density at radius 3 is 2.19 bits per heavy atom. The molecule has 3 N–H and O–H groups in total. The summed E-state index contributed by atoms with van der Waals surface area (Å²) in [5.74, 6) is 5.21. The Kier molecular flexibility index (Phi) is 4.72. The lowest BCUT2D eigenvalue weighted by Crippen LogP contribution is -2.38. The number of hydrogen-bond acceptors (Lipinski definition) is 3. The zero-order valence-corrected chi connectivity index (χ0v) is 11.3. The average Bonchev–Trinajstić information content (AvgIpc) is 2.47. The molecule has 116 valence electrons. The standard InChI is InChI=1S/C14H17F3N2O2/c15-14(16,17)10-3-7-12(8-4-10)21-11-5-1-9(2-6-11)13(20)19-18/h3-4,7-9,11H,1-2,5-6,18H2,(H,19,20). The molecule has 0 aliphatic heterocycles. The first-order valence-electron chi connectivity index (χ1n) is 6.74. The van der Waals surface area contributed by atoms with Gasteiger partial charge in [-0.3, -0.25) is 10.2 Å². The van der Waals surface area contributed by atoms with Gasteiger partial charge in [0.05, 0.1) is 11.7 Å². The van der Waals surface area contributed by atoms with Crippen molar-refractivity contribution in [3.05, 3.63) is 29.8 Å². The Bertz CT molecular complexity index is 480.